The molecule has 0 aliphatic rings. The van der Waals surface area contributed by atoms with Gasteiger partial charge < -0.3 is 14.8 Å². The smallest absolute Gasteiger partial charge is 0.226 e. The number of ether oxygens (including phenoxy) is 2. The normalized spacial score (nSPS) is 10.8. The number of benzene rings is 2. The lowest BCUT2D eigenvalue weighted by atomic mass is 10.1. The lowest BCUT2D eigenvalue weighted by Gasteiger charge is -2.12. The van der Waals surface area contributed by atoms with Crippen LogP contribution in [-0.2, 0) is 22.4 Å². The predicted octanol–water partition coefficient (Wildman–Crippen LogP) is 4.06. The van der Waals surface area contributed by atoms with Gasteiger partial charge in [0.25, 0.3) is 0 Å². The van der Waals surface area contributed by atoms with Crippen molar-refractivity contribution >= 4 is 5.91 Å². The summed E-state index contributed by atoms with van der Waals surface area (Å²) >= 11 is 0. The van der Waals surface area contributed by atoms with Gasteiger partial charge in [0.2, 0.25) is 11.8 Å². The second kappa shape index (κ2) is 10.5. The van der Waals surface area contributed by atoms with Crippen LogP contribution in [0.1, 0.15) is 24.6 Å². The zero-order valence-corrected chi connectivity index (χ0v) is 17.2. The lowest BCUT2D eigenvalue weighted by molar-refractivity contribution is -0.121. The zero-order chi connectivity index (χ0) is 21.3. The first-order chi connectivity index (χ1) is 14.6. The second-order valence-electron chi connectivity index (χ2n) is 6.73. The zero-order valence-electron chi connectivity index (χ0n) is 17.2. The largest absolute Gasteiger partial charge is 0.439 e. The van der Waals surface area contributed by atoms with E-state index in [4.69, 9.17) is 14.6 Å². The molecule has 0 unspecified atom stereocenters. The van der Waals surface area contributed by atoms with E-state index in [0.717, 1.165) is 16.9 Å². The van der Waals surface area contributed by atoms with Gasteiger partial charge >= 0.3 is 0 Å². The molecule has 0 aliphatic heterocycles. The molecule has 7 heteroatoms. The fourth-order valence-electron chi connectivity index (χ4n) is 3.12. The van der Waals surface area contributed by atoms with Crippen molar-refractivity contribution in [1.82, 2.24) is 15.1 Å². The van der Waals surface area contributed by atoms with Crippen LogP contribution in [-0.4, -0.2) is 35.9 Å². The minimum atomic E-state index is -0.381. The first-order valence-electron chi connectivity index (χ1n) is 9.97. The van der Waals surface area contributed by atoms with Crippen molar-refractivity contribution in [3.05, 3.63) is 71.7 Å². The van der Waals surface area contributed by atoms with E-state index in [1.807, 2.05) is 37.3 Å². The summed E-state index contributed by atoms with van der Waals surface area (Å²) < 4.78 is 26.5. The number of aryl methyl sites for hydroxylation is 1. The molecule has 0 fully saturated rings. The summed E-state index contributed by atoms with van der Waals surface area (Å²) in [5.41, 5.74) is 2.51. The minimum Gasteiger partial charge on any atom is -0.439 e. The molecule has 1 heterocycles. The van der Waals surface area contributed by atoms with Gasteiger partial charge in [0.15, 0.2) is 0 Å². The molecule has 1 N–H and O–H groups in total. The Balaban J connectivity index is 1.93. The van der Waals surface area contributed by atoms with E-state index in [-0.39, 0.29) is 18.1 Å². The third-order valence-corrected chi connectivity index (χ3v) is 4.60. The van der Waals surface area contributed by atoms with Crippen molar-refractivity contribution in [2.24, 2.45) is 0 Å². The highest BCUT2D eigenvalue weighted by atomic mass is 19.1. The average Bonchev–Trinajstić information content (AvgIpc) is 3.10. The second-order valence-corrected chi connectivity index (χ2v) is 6.73. The van der Waals surface area contributed by atoms with E-state index in [9.17, 15) is 9.18 Å². The molecule has 158 valence electrons. The highest BCUT2D eigenvalue weighted by Crippen LogP contribution is 2.32. The third-order valence-electron chi connectivity index (χ3n) is 4.60. The Morgan fingerprint density at radius 3 is 2.67 bits per heavy atom. The van der Waals surface area contributed by atoms with Crippen LogP contribution in [0, 0.1) is 5.82 Å². The van der Waals surface area contributed by atoms with Crippen molar-refractivity contribution in [1.29, 1.82) is 0 Å². The molecule has 3 rings (SSSR count). The Labute approximate surface area is 175 Å². The van der Waals surface area contributed by atoms with Crippen molar-refractivity contribution in [2.75, 3.05) is 20.3 Å². The van der Waals surface area contributed by atoms with Gasteiger partial charge in [-0.2, -0.15) is 5.10 Å². The lowest BCUT2D eigenvalue weighted by Crippen LogP contribution is -2.27. The Kier molecular flexibility index (Phi) is 7.57. The molecular weight excluding hydrogens is 385 g/mol. The van der Waals surface area contributed by atoms with Crippen LogP contribution in [0.25, 0.3) is 5.69 Å². The fraction of sp³-hybridized carbons (Fsp3) is 0.304. The SMILES string of the molecule is CCc1nn(-c2ccccc2)c(Oc2cccc(F)c2)c1CCC(=O)NCCOC. The van der Waals surface area contributed by atoms with Gasteiger partial charge in [-0.3, -0.25) is 4.79 Å². The van der Waals surface area contributed by atoms with Crippen LogP contribution in [0.4, 0.5) is 4.39 Å². The maximum absolute atomic E-state index is 13.7. The number of carbonyl (C=O) groups excluding carboxylic acids is 1. The van der Waals surface area contributed by atoms with Crippen LogP contribution in [0.3, 0.4) is 0 Å². The number of para-hydroxylation sites is 1. The molecule has 0 spiro atoms. The van der Waals surface area contributed by atoms with Gasteiger partial charge in [0.05, 0.1) is 18.0 Å². The quantitative estimate of drug-likeness (QED) is 0.511. The van der Waals surface area contributed by atoms with E-state index >= 15 is 0 Å². The molecule has 0 atom stereocenters. The summed E-state index contributed by atoms with van der Waals surface area (Å²) in [7, 11) is 1.59. The van der Waals surface area contributed by atoms with E-state index in [1.165, 1.54) is 12.1 Å². The van der Waals surface area contributed by atoms with E-state index in [1.54, 1.807) is 23.9 Å². The average molecular weight is 411 g/mol. The van der Waals surface area contributed by atoms with Crippen molar-refractivity contribution in [2.45, 2.75) is 26.2 Å². The van der Waals surface area contributed by atoms with Crippen LogP contribution in [0.5, 0.6) is 11.6 Å². The summed E-state index contributed by atoms with van der Waals surface area (Å²) in [6, 6.07) is 15.6. The Bertz CT molecular complexity index is 973. The number of carbonyl (C=O) groups is 1. The molecule has 0 saturated carbocycles. The molecule has 0 radical (unpaired) electrons. The minimum absolute atomic E-state index is 0.0710. The number of halogens is 1. The third kappa shape index (κ3) is 5.45. The maximum atomic E-state index is 13.7. The van der Waals surface area contributed by atoms with Crippen LogP contribution in [0.2, 0.25) is 0 Å². The summed E-state index contributed by atoms with van der Waals surface area (Å²) in [5.74, 6) is 0.417. The summed E-state index contributed by atoms with van der Waals surface area (Å²) in [6.07, 6.45) is 1.43. The van der Waals surface area contributed by atoms with Crippen LogP contribution >= 0.6 is 0 Å². The van der Waals surface area contributed by atoms with Gasteiger partial charge in [0.1, 0.15) is 11.6 Å². The van der Waals surface area contributed by atoms with E-state index in [0.29, 0.717) is 37.6 Å². The Morgan fingerprint density at radius 2 is 1.97 bits per heavy atom. The molecule has 2 aromatic carbocycles. The number of hydrogen-bond acceptors (Lipinski definition) is 4. The van der Waals surface area contributed by atoms with Crippen molar-refractivity contribution < 1.29 is 18.7 Å². The molecule has 6 nitrogen and oxygen atoms in total. The Morgan fingerprint density at radius 1 is 1.17 bits per heavy atom. The summed E-state index contributed by atoms with van der Waals surface area (Å²) in [6.45, 7) is 2.93. The molecule has 1 amide bonds. The number of nitrogens with one attached hydrogen (secondary N) is 1. The summed E-state index contributed by atoms with van der Waals surface area (Å²) in [5, 5.41) is 7.54. The van der Waals surface area contributed by atoms with E-state index < -0.39 is 0 Å². The number of methoxy groups -OCH3 is 1. The van der Waals surface area contributed by atoms with Gasteiger partial charge in [-0.15, -0.1) is 0 Å². The van der Waals surface area contributed by atoms with Gasteiger partial charge in [-0.25, -0.2) is 9.07 Å². The number of rotatable bonds is 10. The standard InChI is InChI=1S/C23H26FN3O3/c1-3-21-20(12-13-22(28)25-14-15-29-2)23(30-19-11-7-8-17(24)16-19)27(26-21)18-9-5-4-6-10-18/h4-11,16H,3,12-15H2,1-2H3,(H,25,28). The highest BCUT2D eigenvalue weighted by molar-refractivity contribution is 5.76. The van der Waals surface area contributed by atoms with Crippen molar-refractivity contribution in [3.63, 3.8) is 0 Å². The first-order valence-corrected chi connectivity index (χ1v) is 9.97. The molecule has 0 bridgehead atoms. The number of nitrogens with zero attached hydrogens (tertiary/aromatic N) is 2. The van der Waals surface area contributed by atoms with Gasteiger partial charge in [-0.05, 0) is 37.1 Å². The highest BCUT2D eigenvalue weighted by Gasteiger charge is 2.21. The van der Waals surface area contributed by atoms with Gasteiger partial charge in [-0.1, -0.05) is 31.2 Å². The van der Waals surface area contributed by atoms with Crippen molar-refractivity contribution in [3.8, 4) is 17.3 Å². The molecule has 3 aromatic rings. The molecular formula is C23H26FN3O3. The maximum Gasteiger partial charge on any atom is 0.226 e. The topological polar surface area (TPSA) is 65.4 Å². The van der Waals surface area contributed by atoms with Crippen LogP contribution in [0.15, 0.2) is 54.6 Å². The number of hydrogen-bond donors (Lipinski definition) is 1. The molecule has 30 heavy (non-hydrogen) atoms. The Hall–Kier alpha value is -3.19. The number of amides is 1. The molecule has 1 aromatic heterocycles. The number of aromatic nitrogens is 2. The first kappa shape index (κ1) is 21.5. The fourth-order valence-corrected chi connectivity index (χ4v) is 3.12. The summed E-state index contributed by atoms with van der Waals surface area (Å²) in [4.78, 5) is 12.2. The monoisotopic (exact) mass is 411 g/mol. The molecule has 0 aliphatic carbocycles. The van der Waals surface area contributed by atoms with E-state index in [2.05, 4.69) is 5.32 Å². The molecule has 0 saturated heterocycles. The van der Waals surface area contributed by atoms with Gasteiger partial charge in [0, 0.05) is 31.7 Å². The predicted molar refractivity (Wildman–Crippen MR) is 113 cm³/mol. The van der Waals surface area contributed by atoms with Crippen LogP contribution < -0.4 is 10.1 Å².